The van der Waals surface area contributed by atoms with Crippen LogP contribution in [-0.2, 0) is 11.2 Å². The molecule has 0 saturated heterocycles. The minimum atomic E-state index is -0.809. The van der Waals surface area contributed by atoms with E-state index in [0.717, 1.165) is 12.1 Å². The van der Waals surface area contributed by atoms with Crippen molar-refractivity contribution >= 4 is 23.2 Å². The van der Waals surface area contributed by atoms with Gasteiger partial charge in [-0.2, -0.15) is 0 Å². The molecule has 0 heterocycles. The molecule has 0 saturated carbocycles. The molecule has 1 aromatic rings. The SMILES string of the molecule is CN(C)C(=O)Cc1cc(Cl)c([N+](=O)[O-])cc1F. The quantitative estimate of drug-likeness (QED) is 0.617. The molecule has 7 heteroatoms. The first kappa shape index (κ1) is 13.4. The molecule has 0 bridgehead atoms. The molecule has 1 rings (SSSR count). The van der Waals surface area contributed by atoms with E-state index in [9.17, 15) is 19.3 Å². The van der Waals surface area contributed by atoms with Crippen molar-refractivity contribution < 1.29 is 14.1 Å². The monoisotopic (exact) mass is 260 g/mol. The van der Waals surface area contributed by atoms with E-state index in [1.807, 2.05) is 0 Å². The summed E-state index contributed by atoms with van der Waals surface area (Å²) in [7, 11) is 3.07. The van der Waals surface area contributed by atoms with E-state index in [4.69, 9.17) is 11.6 Å². The van der Waals surface area contributed by atoms with Gasteiger partial charge in [0.05, 0.1) is 17.4 Å². The van der Waals surface area contributed by atoms with Crippen molar-refractivity contribution in [3.8, 4) is 0 Å². The Bertz CT molecular complexity index is 477. The molecule has 0 unspecified atom stereocenters. The van der Waals surface area contributed by atoms with Gasteiger partial charge < -0.3 is 4.90 Å². The highest BCUT2D eigenvalue weighted by Crippen LogP contribution is 2.27. The van der Waals surface area contributed by atoms with Crippen molar-refractivity contribution in [2.24, 2.45) is 0 Å². The molecule has 0 spiro atoms. The van der Waals surface area contributed by atoms with E-state index in [2.05, 4.69) is 0 Å². The Morgan fingerprint density at radius 2 is 2.12 bits per heavy atom. The summed E-state index contributed by atoms with van der Waals surface area (Å²) in [6, 6.07) is 1.83. The largest absolute Gasteiger partial charge is 0.349 e. The fraction of sp³-hybridized carbons (Fsp3) is 0.300. The first-order chi connectivity index (χ1) is 7.82. The van der Waals surface area contributed by atoms with Crippen molar-refractivity contribution in [2.45, 2.75) is 6.42 Å². The molecule has 0 aliphatic heterocycles. The molecular formula is C10H10ClFN2O3. The van der Waals surface area contributed by atoms with Crippen LogP contribution in [0.4, 0.5) is 10.1 Å². The Hall–Kier alpha value is -1.69. The molecule has 0 fully saturated rings. The third-order valence-electron chi connectivity index (χ3n) is 2.15. The van der Waals surface area contributed by atoms with Crippen LogP contribution >= 0.6 is 11.6 Å². The lowest BCUT2D eigenvalue weighted by atomic mass is 10.1. The average molecular weight is 261 g/mol. The number of halogens is 2. The highest BCUT2D eigenvalue weighted by atomic mass is 35.5. The standard InChI is InChI=1S/C10H10ClFN2O3/c1-13(2)10(15)4-6-3-7(11)9(14(16)17)5-8(6)12/h3,5H,4H2,1-2H3. The summed E-state index contributed by atoms with van der Waals surface area (Å²) in [4.78, 5) is 22.4. The van der Waals surface area contributed by atoms with E-state index in [0.29, 0.717) is 0 Å². The predicted molar refractivity (Wildman–Crippen MR) is 60.5 cm³/mol. The number of rotatable bonds is 3. The third kappa shape index (κ3) is 3.13. The zero-order chi connectivity index (χ0) is 13.2. The van der Waals surface area contributed by atoms with Crippen molar-refractivity contribution in [2.75, 3.05) is 14.1 Å². The normalized spacial score (nSPS) is 10.1. The van der Waals surface area contributed by atoms with Crippen LogP contribution in [0.25, 0.3) is 0 Å². The predicted octanol–water partition coefficient (Wildman–Crippen LogP) is 2.02. The maximum atomic E-state index is 13.5. The van der Waals surface area contributed by atoms with Gasteiger partial charge >= 0.3 is 0 Å². The summed E-state index contributed by atoms with van der Waals surface area (Å²) < 4.78 is 13.5. The second kappa shape index (κ2) is 5.09. The molecule has 92 valence electrons. The number of carbonyl (C=O) groups is 1. The number of nitro groups is 1. The number of benzene rings is 1. The van der Waals surface area contributed by atoms with Crippen LogP contribution in [0.15, 0.2) is 12.1 Å². The van der Waals surface area contributed by atoms with Gasteiger partial charge in [-0.1, -0.05) is 11.6 Å². The number of nitro benzene ring substituents is 1. The minimum absolute atomic E-state index is 0.0410. The van der Waals surface area contributed by atoms with Gasteiger partial charge in [-0.3, -0.25) is 14.9 Å². The smallest absolute Gasteiger partial charge is 0.290 e. The molecule has 1 aromatic carbocycles. The van der Waals surface area contributed by atoms with Crippen LogP contribution in [0.2, 0.25) is 5.02 Å². The highest BCUT2D eigenvalue weighted by Gasteiger charge is 2.18. The van der Waals surface area contributed by atoms with Gasteiger partial charge in [-0.15, -0.1) is 0 Å². The van der Waals surface area contributed by atoms with E-state index in [-0.39, 0.29) is 22.9 Å². The lowest BCUT2D eigenvalue weighted by Crippen LogP contribution is -2.23. The van der Waals surface area contributed by atoms with Gasteiger partial charge in [0, 0.05) is 14.1 Å². The molecule has 17 heavy (non-hydrogen) atoms. The molecule has 1 amide bonds. The Morgan fingerprint density at radius 1 is 1.53 bits per heavy atom. The molecule has 0 N–H and O–H groups in total. The van der Waals surface area contributed by atoms with Crippen LogP contribution in [-0.4, -0.2) is 29.8 Å². The maximum absolute atomic E-state index is 13.5. The Balaban J connectivity index is 3.08. The zero-order valence-corrected chi connectivity index (χ0v) is 9.99. The fourth-order valence-corrected chi connectivity index (χ4v) is 1.43. The Kier molecular flexibility index (Phi) is 4.01. The molecule has 0 radical (unpaired) electrons. The Morgan fingerprint density at radius 3 is 2.59 bits per heavy atom. The van der Waals surface area contributed by atoms with Gasteiger partial charge in [0.2, 0.25) is 5.91 Å². The summed E-state index contributed by atoms with van der Waals surface area (Å²) in [5.41, 5.74) is -0.468. The number of hydrogen-bond donors (Lipinski definition) is 0. The lowest BCUT2D eigenvalue weighted by molar-refractivity contribution is -0.384. The molecule has 5 nitrogen and oxygen atoms in total. The summed E-state index contributed by atoms with van der Waals surface area (Å²) in [6.07, 6.45) is -0.184. The fourth-order valence-electron chi connectivity index (χ4n) is 1.17. The van der Waals surface area contributed by atoms with E-state index in [1.165, 1.54) is 19.0 Å². The summed E-state index contributed by atoms with van der Waals surface area (Å²) in [5, 5.41) is 10.3. The molecule has 0 aromatic heterocycles. The van der Waals surface area contributed by atoms with Crippen LogP contribution in [0, 0.1) is 15.9 Å². The van der Waals surface area contributed by atoms with Gasteiger partial charge in [0.15, 0.2) is 0 Å². The number of nitrogens with zero attached hydrogens (tertiary/aromatic N) is 2. The first-order valence-electron chi connectivity index (χ1n) is 4.65. The number of likely N-dealkylation sites (N-methyl/N-ethyl adjacent to an activating group) is 1. The van der Waals surface area contributed by atoms with Gasteiger partial charge in [0.25, 0.3) is 5.69 Å². The van der Waals surface area contributed by atoms with Gasteiger partial charge in [-0.25, -0.2) is 4.39 Å². The molecule has 0 aliphatic rings. The number of amides is 1. The Labute approximate surface area is 102 Å². The average Bonchev–Trinajstić information content (AvgIpc) is 2.22. The minimum Gasteiger partial charge on any atom is -0.349 e. The number of hydrogen-bond acceptors (Lipinski definition) is 3. The van der Waals surface area contributed by atoms with E-state index >= 15 is 0 Å². The van der Waals surface area contributed by atoms with Gasteiger partial charge in [0.1, 0.15) is 10.8 Å². The molecule has 0 atom stereocenters. The van der Waals surface area contributed by atoms with Crippen molar-refractivity contribution in [1.82, 2.24) is 4.90 Å². The summed E-state index contributed by atoms with van der Waals surface area (Å²) >= 11 is 5.63. The van der Waals surface area contributed by atoms with Crippen LogP contribution in [0.5, 0.6) is 0 Å². The third-order valence-corrected chi connectivity index (χ3v) is 2.46. The van der Waals surface area contributed by atoms with Crippen LogP contribution < -0.4 is 0 Å². The zero-order valence-electron chi connectivity index (χ0n) is 9.24. The molecule has 0 aliphatic carbocycles. The molecular weight excluding hydrogens is 251 g/mol. The van der Waals surface area contributed by atoms with E-state index < -0.39 is 16.4 Å². The van der Waals surface area contributed by atoms with Crippen molar-refractivity contribution in [3.63, 3.8) is 0 Å². The first-order valence-corrected chi connectivity index (χ1v) is 5.03. The second-order valence-corrected chi connectivity index (χ2v) is 4.02. The van der Waals surface area contributed by atoms with Gasteiger partial charge in [-0.05, 0) is 11.6 Å². The second-order valence-electron chi connectivity index (χ2n) is 3.62. The maximum Gasteiger partial charge on any atom is 0.290 e. The van der Waals surface area contributed by atoms with Crippen molar-refractivity contribution in [3.05, 3.63) is 38.7 Å². The summed E-state index contributed by atoms with van der Waals surface area (Å²) in [5.74, 6) is -1.12. The number of carbonyl (C=O) groups excluding carboxylic acids is 1. The lowest BCUT2D eigenvalue weighted by Gasteiger charge is -2.10. The summed E-state index contributed by atoms with van der Waals surface area (Å²) in [6.45, 7) is 0. The van der Waals surface area contributed by atoms with Crippen LogP contribution in [0.1, 0.15) is 5.56 Å². The van der Waals surface area contributed by atoms with E-state index in [1.54, 1.807) is 0 Å². The van der Waals surface area contributed by atoms with Crippen LogP contribution in [0.3, 0.4) is 0 Å². The van der Waals surface area contributed by atoms with Crippen molar-refractivity contribution in [1.29, 1.82) is 0 Å². The highest BCUT2D eigenvalue weighted by molar-refractivity contribution is 6.32. The topological polar surface area (TPSA) is 63.5 Å².